The van der Waals surface area contributed by atoms with E-state index in [9.17, 15) is 18.4 Å². The molecule has 2 rings (SSSR count). The Morgan fingerprint density at radius 1 is 1.14 bits per heavy atom. The summed E-state index contributed by atoms with van der Waals surface area (Å²) in [6.07, 6.45) is -0.120. The molecule has 0 aromatic heterocycles. The van der Waals surface area contributed by atoms with Gasteiger partial charge in [0.2, 0.25) is 5.91 Å². The van der Waals surface area contributed by atoms with Crippen molar-refractivity contribution in [3.63, 3.8) is 0 Å². The van der Waals surface area contributed by atoms with Crippen molar-refractivity contribution in [2.75, 3.05) is 32.7 Å². The number of carbonyl (C=O) groups is 2. The van der Waals surface area contributed by atoms with Gasteiger partial charge in [0.15, 0.2) is 0 Å². The van der Waals surface area contributed by atoms with Crippen LogP contribution in [-0.4, -0.2) is 59.5 Å². The third kappa shape index (κ3) is 4.22. The number of amides is 1. The van der Waals surface area contributed by atoms with E-state index in [1.165, 1.54) is 6.07 Å². The number of hydrogen-bond donors (Lipinski definition) is 1. The van der Waals surface area contributed by atoms with Crippen LogP contribution >= 0.6 is 0 Å². The van der Waals surface area contributed by atoms with E-state index in [-0.39, 0.29) is 24.4 Å². The van der Waals surface area contributed by atoms with Crippen molar-refractivity contribution in [3.8, 4) is 0 Å². The maximum atomic E-state index is 13.5. The third-order valence-electron chi connectivity index (χ3n) is 3.44. The van der Waals surface area contributed by atoms with Gasteiger partial charge in [-0.15, -0.1) is 0 Å². The molecule has 1 aliphatic rings. The van der Waals surface area contributed by atoms with Crippen LogP contribution in [-0.2, 0) is 16.0 Å². The van der Waals surface area contributed by atoms with Gasteiger partial charge in [-0.05, 0) is 11.6 Å². The molecule has 1 aliphatic heterocycles. The molecule has 0 bridgehead atoms. The fourth-order valence-electron chi connectivity index (χ4n) is 2.29. The Hall–Kier alpha value is -2.02. The molecule has 114 valence electrons. The van der Waals surface area contributed by atoms with Crippen LogP contribution in [0.5, 0.6) is 0 Å². The van der Waals surface area contributed by atoms with E-state index in [0.29, 0.717) is 26.2 Å². The van der Waals surface area contributed by atoms with Gasteiger partial charge in [0.05, 0.1) is 13.0 Å². The van der Waals surface area contributed by atoms with Gasteiger partial charge in [0.25, 0.3) is 0 Å². The van der Waals surface area contributed by atoms with Gasteiger partial charge >= 0.3 is 5.97 Å². The minimum absolute atomic E-state index is 0.0470. The molecule has 0 radical (unpaired) electrons. The van der Waals surface area contributed by atoms with E-state index in [2.05, 4.69) is 0 Å². The summed E-state index contributed by atoms with van der Waals surface area (Å²) >= 11 is 0. The number of carboxylic acids is 1. The highest BCUT2D eigenvalue weighted by atomic mass is 19.1. The molecule has 0 unspecified atom stereocenters. The largest absolute Gasteiger partial charge is 0.480 e. The van der Waals surface area contributed by atoms with Crippen LogP contribution in [0.4, 0.5) is 8.78 Å². The molecule has 21 heavy (non-hydrogen) atoms. The summed E-state index contributed by atoms with van der Waals surface area (Å²) in [7, 11) is 0. The summed E-state index contributed by atoms with van der Waals surface area (Å²) < 4.78 is 26.3. The number of halogens is 2. The van der Waals surface area contributed by atoms with E-state index in [1.54, 1.807) is 9.80 Å². The van der Waals surface area contributed by atoms with E-state index in [4.69, 9.17) is 5.11 Å². The average molecular weight is 298 g/mol. The number of benzene rings is 1. The first-order chi connectivity index (χ1) is 9.95. The van der Waals surface area contributed by atoms with Gasteiger partial charge in [0.1, 0.15) is 11.6 Å². The van der Waals surface area contributed by atoms with Crippen molar-refractivity contribution in [1.82, 2.24) is 9.80 Å². The summed E-state index contributed by atoms with van der Waals surface area (Å²) in [5.41, 5.74) is 0.161. The molecule has 0 spiro atoms. The second-order valence-corrected chi connectivity index (χ2v) is 4.96. The molecule has 0 saturated carbocycles. The average Bonchev–Trinajstić information content (AvgIpc) is 2.42. The first-order valence-electron chi connectivity index (χ1n) is 6.61. The van der Waals surface area contributed by atoms with Gasteiger partial charge in [-0.25, -0.2) is 8.78 Å². The van der Waals surface area contributed by atoms with Crippen molar-refractivity contribution in [2.45, 2.75) is 6.42 Å². The fraction of sp³-hybridized carbons (Fsp3) is 0.429. The van der Waals surface area contributed by atoms with Crippen LogP contribution in [0.1, 0.15) is 5.56 Å². The Kier molecular flexibility index (Phi) is 4.85. The maximum Gasteiger partial charge on any atom is 0.317 e. The van der Waals surface area contributed by atoms with Crippen LogP contribution in [0, 0.1) is 11.6 Å². The number of nitrogens with zero attached hydrogens (tertiary/aromatic N) is 2. The molecule has 1 aromatic rings. The summed E-state index contributed by atoms with van der Waals surface area (Å²) in [6.45, 7) is 1.73. The van der Waals surface area contributed by atoms with Crippen molar-refractivity contribution < 1.29 is 23.5 Å². The van der Waals surface area contributed by atoms with Crippen LogP contribution in [0.15, 0.2) is 18.2 Å². The number of piperazine rings is 1. The molecule has 1 heterocycles. The van der Waals surface area contributed by atoms with Crippen molar-refractivity contribution in [3.05, 3.63) is 35.4 Å². The normalized spacial score (nSPS) is 16.0. The minimum atomic E-state index is -0.900. The van der Waals surface area contributed by atoms with Gasteiger partial charge in [-0.2, -0.15) is 0 Å². The van der Waals surface area contributed by atoms with E-state index >= 15 is 0 Å². The monoisotopic (exact) mass is 298 g/mol. The highest BCUT2D eigenvalue weighted by molar-refractivity contribution is 5.79. The Morgan fingerprint density at radius 2 is 1.81 bits per heavy atom. The lowest BCUT2D eigenvalue weighted by Gasteiger charge is -2.33. The summed E-state index contributed by atoms with van der Waals surface area (Å²) in [6, 6.07) is 3.15. The highest BCUT2D eigenvalue weighted by Crippen LogP contribution is 2.12. The lowest BCUT2D eigenvalue weighted by atomic mass is 10.1. The molecule has 1 aromatic carbocycles. The van der Waals surface area contributed by atoms with E-state index in [0.717, 1.165) is 12.1 Å². The number of carboxylic acid groups (broad SMARTS) is 1. The molecule has 1 amide bonds. The predicted octanol–water partition coefficient (Wildman–Crippen LogP) is 0.736. The zero-order valence-electron chi connectivity index (χ0n) is 11.4. The second-order valence-electron chi connectivity index (χ2n) is 4.96. The zero-order valence-corrected chi connectivity index (χ0v) is 11.4. The predicted molar refractivity (Wildman–Crippen MR) is 70.7 cm³/mol. The Labute approximate surface area is 120 Å². The lowest BCUT2D eigenvalue weighted by Crippen LogP contribution is -2.50. The number of rotatable bonds is 4. The highest BCUT2D eigenvalue weighted by Gasteiger charge is 2.22. The lowest BCUT2D eigenvalue weighted by molar-refractivity contribution is -0.139. The van der Waals surface area contributed by atoms with Crippen molar-refractivity contribution >= 4 is 11.9 Å². The molecule has 1 saturated heterocycles. The van der Waals surface area contributed by atoms with Crippen LogP contribution in [0.25, 0.3) is 0 Å². The number of carbonyl (C=O) groups excluding carboxylic acids is 1. The Balaban J connectivity index is 1.89. The SMILES string of the molecule is O=C(O)CN1CCN(C(=O)Cc2ccc(F)cc2F)CC1. The molecule has 1 N–H and O–H groups in total. The van der Waals surface area contributed by atoms with Crippen molar-refractivity contribution in [2.24, 2.45) is 0 Å². The molecule has 1 fully saturated rings. The van der Waals surface area contributed by atoms with Crippen LogP contribution < -0.4 is 0 Å². The summed E-state index contributed by atoms with van der Waals surface area (Å²) in [4.78, 5) is 26.0. The molecule has 7 heteroatoms. The van der Waals surface area contributed by atoms with Crippen LogP contribution in [0.3, 0.4) is 0 Å². The molecule has 5 nitrogen and oxygen atoms in total. The minimum Gasteiger partial charge on any atom is -0.480 e. The standard InChI is InChI=1S/C14H16F2N2O3/c15-11-2-1-10(12(16)8-11)7-13(19)18-5-3-17(4-6-18)9-14(20)21/h1-2,8H,3-7,9H2,(H,20,21). The Bertz CT molecular complexity index is 543. The van der Waals surface area contributed by atoms with Gasteiger partial charge < -0.3 is 10.0 Å². The van der Waals surface area contributed by atoms with Crippen molar-refractivity contribution in [1.29, 1.82) is 0 Å². The molecular weight excluding hydrogens is 282 g/mol. The number of aliphatic carboxylic acids is 1. The van der Waals surface area contributed by atoms with Crippen LogP contribution in [0.2, 0.25) is 0 Å². The maximum absolute atomic E-state index is 13.5. The molecular formula is C14H16F2N2O3. The van der Waals surface area contributed by atoms with E-state index < -0.39 is 17.6 Å². The second kappa shape index (κ2) is 6.62. The topological polar surface area (TPSA) is 60.9 Å². The third-order valence-corrected chi connectivity index (χ3v) is 3.44. The summed E-state index contributed by atoms with van der Waals surface area (Å²) in [5, 5.41) is 8.69. The first-order valence-corrected chi connectivity index (χ1v) is 6.61. The quantitative estimate of drug-likeness (QED) is 0.890. The Morgan fingerprint density at radius 3 is 2.38 bits per heavy atom. The fourth-order valence-corrected chi connectivity index (χ4v) is 2.29. The van der Waals surface area contributed by atoms with Gasteiger partial charge in [-0.1, -0.05) is 6.07 Å². The van der Waals surface area contributed by atoms with E-state index in [1.807, 2.05) is 0 Å². The molecule has 0 aliphatic carbocycles. The van der Waals surface area contributed by atoms with Gasteiger partial charge in [-0.3, -0.25) is 14.5 Å². The smallest absolute Gasteiger partial charge is 0.317 e. The van der Waals surface area contributed by atoms with Gasteiger partial charge in [0, 0.05) is 32.2 Å². The number of hydrogen-bond acceptors (Lipinski definition) is 3. The summed E-state index contributed by atoms with van der Waals surface area (Å²) in [5.74, 6) is -2.54. The zero-order chi connectivity index (χ0) is 15.4. The first kappa shape index (κ1) is 15.4. The molecule has 0 atom stereocenters.